The molecule has 6 heteroatoms. The van der Waals surface area contributed by atoms with Gasteiger partial charge in [0.15, 0.2) is 6.10 Å². The van der Waals surface area contributed by atoms with Crippen LogP contribution in [0, 0.1) is 0 Å². The first kappa shape index (κ1) is 59.9. The minimum Gasteiger partial charge on any atom is -0.462 e. The molecule has 0 saturated carbocycles. The van der Waals surface area contributed by atoms with Gasteiger partial charge < -0.3 is 14.2 Å². The molecule has 0 fully saturated rings. The lowest BCUT2D eigenvalue weighted by Gasteiger charge is -2.18. The van der Waals surface area contributed by atoms with Crippen LogP contribution >= 0.6 is 0 Å². The highest BCUT2D eigenvalue weighted by Crippen LogP contribution is 2.15. The van der Waals surface area contributed by atoms with Crippen LogP contribution in [0.5, 0.6) is 0 Å². The van der Waals surface area contributed by atoms with Crippen molar-refractivity contribution in [3.63, 3.8) is 0 Å². The fourth-order valence-electron chi connectivity index (χ4n) is 7.25. The van der Waals surface area contributed by atoms with Crippen molar-refractivity contribution in [2.45, 2.75) is 258 Å². The van der Waals surface area contributed by atoms with E-state index >= 15 is 0 Å². The Morgan fingerprint density at radius 1 is 0.333 bits per heavy atom. The first-order chi connectivity index (χ1) is 31.0. The minimum absolute atomic E-state index is 0.0854. The molecule has 0 aromatic carbocycles. The molecular formula is C57H98O6. The van der Waals surface area contributed by atoms with Gasteiger partial charge in [-0.05, 0) is 103 Å². The molecule has 0 amide bonds. The summed E-state index contributed by atoms with van der Waals surface area (Å²) < 4.78 is 16.8. The molecule has 1 atom stereocenters. The fourth-order valence-corrected chi connectivity index (χ4v) is 7.25. The van der Waals surface area contributed by atoms with Crippen LogP contribution in [0.2, 0.25) is 0 Å². The standard InChI is InChI=1S/C57H98O6/c1-4-7-10-13-16-19-22-25-28-29-30-33-35-38-41-44-47-50-56(59)62-53-54(63-57(60)51-48-45-42-39-36-32-27-24-21-18-15-12-9-6-3)52-61-55(58)49-46-43-40-37-34-31-26-23-20-17-14-11-8-5-2/h8-9,11-12,16-21,25,28,54H,4-7,10,13-15,22-24,26-27,29-53H2,1-3H3/b11-8-,12-9-,19-16-,20-17-,21-18-,28-25-. The quantitative estimate of drug-likeness (QED) is 0.0262. The Morgan fingerprint density at radius 2 is 0.619 bits per heavy atom. The summed E-state index contributed by atoms with van der Waals surface area (Å²) in [5.74, 6) is -0.906. The molecule has 1 unspecified atom stereocenters. The predicted molar refractivity (Wildman–Crippen MR) is 270 cm³/mol. The van der Waals surface area contributed by atoms with Crippen molar-refractivity contribution in [1.29, 1.82) is 0 Å². The molecule has 63 heavy (non-hydrogen) atoms. The van der Waals surface area contributed by atoms with Crippen molar-refractivity contribution in [3.8, 4) is 0 Å². The number of allylic oxidation sites excluding steroid dienone is 12. The van der Waals surface area contributed by atoms with Gasteiger partial charge in [0.2, 0.25) is 0 Å². The Hall–Kier alpha value is -3.15. The Kier molecular flexibility index (Phi) is 48.9. The Balaban J connectivity index is 4.40. The van der Waals surface area contributed by atoms with Crippen LogP contribution in [-0.2, 0) is 28.6 Å². The minimum atomic E-state index is -0.786. The van der Waals surface area contributed by atoms with E-state index in [9.17, 15) is 14.4 Å². The van der Waals surface area contributed by atoms with E-state index in [2.05, 4.69) is 93.7 Å². The van der Waals surface area contributed by atoms with E-state index < -0.39 is 6.10 Å². The van der Waals surface area contributed by atoms with Gasteiger partial charge in [-0.15, -0.1) is 0 Å². The SMILES string of the molecule is CC/C=C\C/C=C\CCCCCCCCCC(=O)OCC(COC(=O)CCCCCCCCC/C=C\C/C=C\CCCCC)OC(=O)CCCCCCCCC/C=C\C/C=C\CC. The summed E-state index contributed by atoms with van der Waals surface area (Å²) in [5.41, 5.74) is 0. The van der Waals surface area contributed by atoms with E-state index in [-0.39, 0.29) is 31.1 Å². The fraction of sp³-hybridized carbons (Fsp3) is 0.737. The molecular weight excluding hydrogens is 781 g/mol. The average molecular weight is 879 g/mol. The smallest absolute Gasteiger partial charge is 0.306 e. The molecule has 0 spiro atoms. The van der Waals surface area contributed by atoms with E-state index in [4.69, 9.17) is 14.2 Å². The van der Waals surface area contributed by atoms with Crippen LogP contribution in [0.25, 0.3) is 0 Å². The molecule has 0 aliphatic rings. The van der Waals surface area contributed by atoms with E-state index in [0.29, 0.717) is 19.3 Å². The van der Waals surface area contributed by atoms with Gasteiger partial charge >= 0.3 is 17.9 Å². The van der Waals surface area contributed by atoms with Gasteiger partial charge in [-0.1, -0.05) is 203 Å². The lowest BCUT2D eigenvalue weighted by atomic mass is 10.1. The monoisotopic (exact) mass is 879 g/mol. The lowest BCUT2D eigenvalue weighted by molar-refractivity contribution is -0.167. The Labute approximate surface area is 389 Å². The molecule has 0 saturated heterocycles. The van der Waals surface area contributed by atoms with Gasteiger partial charge in [-0.2, -0.15) is 0 Å². The predicted octanol–water partition coefficient (Wildman–Crippen LogP) is 17.4. The molecule has 0 rings (SSSR count). The van der Waals surface area contributed by atoms with Crippen LogP contribution in [0.15, 0.2) is 72.9 Å². The highest BCUT2D eigenvalue weighted by atomic mass is 16.6. The third kappa shape index (κ3) is 49.7. The number of hydrogen-bond acceptors (Lipinski definition) is 6. The second-order valence-electron chi connectivity index (χ2n) is 17.4. The lowest BCUT2D eigenvalue weighted by Crippen LogP contribution is -2.30. The third-order valence-corrected chi connectivity index (χ3v) is 11.2. The maximum atomic E-state index is 12.8. The van der Waals surface area contributed by atoms with Gasteiger partial charge in [-0.3, -0.25) is 14.4 Å². The summed E-state index contributed by atoms with van der Waals surface area (Å²) in [6, 6.07) is 0. The van der Waals surface area contributed by atoms with E-state index in [1.807, 2.05) is 0 Å². The van der Waals surface area contributed by atoms with Crippen LogP contribution < -0.4 is 0 Å². The summed E-state index contributed by atoms with van der Waals surface area (Å²) in [7, 11) is 0. The van der Waals surface area contributed by atoms with Crippen molar-refractivity contribution in [3.05, 3.63) is 72.9 Å². The number of carbonyl (C=O) groups excluding carboxylic acids is 3. The normalized spacial score (nSPS) is 12.6. The van der Waals surface area contributed by atoms with Crippen molar-refractivity contribution in [2.75, 3.05) is 13.2 Å². The molecule has 0 aromatic rings. The zero-order valence-corrected chi connectivity index (χ0v) is 41.3. The van der Waals surface area contributed by atoms with Crippen LogP contribution in [0.3, 0.4) is 0 Å². The molecule has 0 N–H and O–H groups in total. The second-order valence-corrected chi connectivity index (χ2v) is 17.4. The Morgan fingerprint density at radius 3 is 0.952 bits per heavy atom. The molecule has 6 nitrogen and oxygen atoms in total. The Bertz CT molecular complexity index is 1190. The van der Waals surface area contributed by atoms with Crippen LogP contribution in [0.4, 0.5) is 0 Å². The zero-order chi connectivity index (χ0) is 45.8. The second kappa shape index (κ2) is 51.5. The van der Waals surface area contributed by atoms with Crippen LogP contribution in [-0.4, -0.2) is 37.2 Å². The highest BCUT2D eigenvalue weighted by molar-refractivity contribution is 5.71. The zero-order valence-electron chi connectivity index (χ0n) is 41.3. The van der Waals surface area contributed by atoms with E-state index in [1.54, 1.807) is 0 Å². The summed E-state index contributed by atoms with van der Waals surface area (Å²) in [5, 5.41) is 0. The molecule has 0 heterocycles. The number of unbranched alkanes of at least 4 members (excludes halogenated alkanes) is 24. The molecule has 0 bridgehead atoms. The number of carbonyl (C=O) groups is 3. The molecule has 362 valence electrons. The number of ether oxygens (including phenoxy) is 3. The third-order valence-electron chi connectivity index (χ3n) is 11.2. The maximum absolute atomic E-state index is 12.8. The van der Waals surface area contributed by atoms with Crippen molar-refractivity contribution < 1.29 is 28.6 Å². The topological polar surface area (TPSA) is 78.9 Å². The highest BCUT2D eigenvalue weighted by Gasteiger charge is 2.19. The largest absolute Gasteiger partial charge is 0.462 e. The summed E-state index contributed by atoms with van der Waals surface area (Å²) in [6.07, 6.45) is 64.5. The van der Waals surface area contributed by atoms with Crippen molar-refractivity contribution in [2.24, 2.45) is 0 Å². The number of rotatable bonds is 47. The summed E-state index contributed by atoms with van der Waals surface area (Å²) in [4.78, 5) is 38.0. The average Bonchev–Trinajstić information content (AvgIpc) is 3.28. The van der Waals surface area contributed by atoms with Gasteiger partial charge in [0.05, 0.1) is 0 Å². The van der Waals surface area contributed by atoms with Gasteiger partial charge in [0.1, 0.15) is 13.2 Å². The number of esters is 3. The van der Waals surface area contributed by atoms with E-state index in [1.165, 1.54) is 103 Å². The molecule has 0 aliphatic carbocycles. The first-order valence-corrected chi connectivity index (χ1v) is 26.4. The summed E-state index contributed by atoms with van der Waals surface area (Å²) >= 11 is 0. The van der Waals surface area contributed by atoms with Gasteiger partial charge in [0.25, 0.3) is 0 Å². The van der Waals surface area contributed by atoms with Gasteiger partial charge in [-0.25, -0.2) is 0 Å². The number of hydrogen-bond donors (Lipinski definition) is 0. The maximum Gasteiger partial charge on any atom is 0.306 e. The van der Waals surface area contributed by atoms with Crippen molar-refractivity contribution >= 4 is 17.9 Å². The van der Waals surface area contributed by atoms with E-state index in [0.717, 1.165) is 109 Å². The molecule has 0 radical (unpaired) electrons. The molecule has 0 aromatic heterocycles. The van der Waals surface area contributed by atoms with Crippen molar-refractivity contribution in [1.82, 2.24) is 0 Å². The van der Waals surface area contributed by atoms with Crippen LogP contribution in [0.1, 0.15) is 252 Å². The summed E-state index contributed by atoms with van der Waals surface area (Å²) in [6.45, 7) is 6.39. The molecule has 0 aliphatic heterocycles. The van der Waals surface area contributed by atoms with Gasteiger partial charge in [0, 0.05) is 19.3 Å². The first-order valence-electron chi connectivity index (χ1n) is 26.4.